The Hall–Kier alpha value is -0.0400. The standard InChI is InChI=1S/C15H29N3O.HI/c1-3-16-15(18-8-7-14(19)11-18)17-10-13-6-4-5-12(2)9-13;/h12-14,19H,3-11H2,1-2H3,(H,16,17);1H/t12?,13?,14-;/m1./s1. The molecule has 1 aliphatic carbocycles. The van der Waals surface area contributed by atoms with Crippen LogP contribution in [0.3, 0.4) is 0 Å². The zero-order valence-corrected chi connectivity index (χ0v) is 15.2. The van der Waals surface area contributed by atoms with E-state index in [2.05, 4.69) is 24.1 Å². The van der Waals surface area contributed by atoms with E-state index in [9.17, 15) is 5.11 Å². The highest BCUT2D eigenvalue weighted by Gasteiger charge is 2.24. The minimum absolute atomic E-state index is 0. The molecule has 0 spiro atoms. The first kappa shape index (κ1) is 18.0. The van der Waals surface area contributed by atoms with Crippen LogP contribution in [0.15, 0.2) is 4.99 Å². The van der Waals surface area contributed by atoms with Gasteiger partial charge >= 0.3 is 0 Å². The van der Waals surface area contributed by atoms with Crippen molar-refractivity contribution in [1.29, 1.82) is 0 Å². The molecule has 118 valence electrons. The molecule has 1 saturated heterocycles. The van der Waals surface area contributed by atoms with Gasteiger partial charge in [-0.15, -0.1) is 24.0 Å². The Kier molecular flexibility index (Phi) is 8.17. The topological polar surface area (TPSA) is 47.9 Å². The average molecular weight is 395 g/mol. The van der Waals surface area contributed by atoms with E-state index in [1.165, 1.54) is 25.7 Å². The third-order valence-electron chi connectivity index (χ3n) is 4.34. The van der Waals surface area contributed by atoms with Crippen molar-refractivity contribution in [3.05, 3.63) is 0 Å². The predicted molar refractivity (Wildman–Crippen MR) is 94.7 cm³/mol. The maximum absolute atomic E-state index is 9.64. The largest absolute Gasteiger partial charge is 0.391 e. The van der Waals surface area contributed by atoms with Gasteiger partial charge in [-0.3, -0.25) is 4.99 Å². The second kappa shape index (κ2) is 9.07. The molecule has 2 unspecified atom stereocenters. The van der Waals surface area contributed by atoms with Crippen LogP contribution in [0.5, 0.6) is 0 Å². The normalized spacial score (nSPS) is 31.1. The SMILES string of the molecule is CCNC(=NCC1CCCC(C)C1)N1CC[C@@H](O)C1.I. The number of guanidine groups is 1. The Bertz CT molecular complexity index is 311. The lowest BCUT2D eigenvalue weighted by Gasteiger charge is -2.26. The van der Waals surface area contributed by atoms with Gasteiger partial charge in [0.15, 0.2) is 5.96 Å². The summed E-state index contributed by atoms with van der Waals surface area (Å²) < 4.78 is 0. The molecule has 2 aliphatic rings. The van der Waals surface area contributed by atoms with Crippen molar-refractivity contribution < 1.29 is 5.11 Å². The minimum atomic E-state index is -0.182. The van der Waals surface area contributed by atoms with Crippen LogP contribution in [0.2, 0.25) is 0 Å². The van der Waals surface area contributed by atoms with E-state index >= 15 is 0 Å². The fourth-order valence-corrected chi connectivity index (χ4v) is 3.30. The number of nitrogens with one attached hydrogen (secondary N) is 1. The molecule has 0 aromatic carbocycles. The van der Waals surface area contributed by atoms with Gasteiger partial charge in [-0.05, 0) is 38.0 Å². The van der Waals surface area contributed by atoms with E-state index in [1.807, 2.05) is 0 Å². The minimum Gasteiger partial charge on any atom is -0.391 e. The van der Waals surface area contributed by atoms with Gasteiger partial charge in [0, 0.05) is 26.2 Å². The summed E-state index contributed by atoms with van der Waals surface area (Å²) in [6, 6.07) is 0. The summed E-state index contributed by atoms with van der Waals surface area (Å²) in [5.74, 6) is 2.62. The van der Waals surface area contributed by atoms with E-state index in [-0.39, 0.29) is 30.1 Å². The number of aliphatic imine (C=N–C) groups is 1. The van der Waals surface area contributed by atoms with Gasteiger partial charge in [-0.1, -0.05) is 19.8 Å². The van der Waals surface area contributed by atoms with E-state index in [0.717, 1.165) is 50.4 Å². The van der Waals surface area contributed by atoms with E-state index in [4.69, 9.17) is 4.99 Å². The zero-order valence-electron chi connectivity index (χ0n) is 12.8. The number of hydrogen-bond donors (Lipinski definition) is 2. The van der Waals surface area contributed by atoms with Crippen molar-refractivity contribution in [2.75, 3.05) is 26.2 Å². The maximum Gasteiger partial charge on any atom is 0.194 e. The highest BCUT2D eigenvalue weighted by molar-refractivity contribution is 14.0. The number of aliphatic hydroxyl groups excluding tert-OH is 1. The quantitative estimate of drug-likeness (QED) is 0.439. The van der Waals surface area contributed by atoms with Crippen LogP contribution in [0.1, 0.15) is 46.0 Å². The van der Waals surface area contributed by atoms with E-state index < -0.39 is 0 Å². The molecule has 1 saturated carbocycles. The summed E-state index contributed by atoms with van der Waals surface area (Å²) in [7, 11) is 0. The second-order valence-electron chi connectivity index (χ2n) is 6.22. The van der Waals surface area contributed by atoms with Crippen LogP contribution in [-0.2, 0) is 0 Å². The molecule has 1 heterocycles. The molecule has 2 rings (SSSR count). The van der Waals surface area contributed by atoms with Crippen molar-refractivity contribution in [2.45, 2.75) is 52.1 Å². The number of aliphatic hydroxyl groups is 1. The van der Waals surface area contributed by atoms with Crippen molar-refractivity contribution >= 4 is 29.9 Å². The average Bonchev–Trinajstić information content (AvgIpc) is 2.81. The van der Waals surface area contributed by atoms with Gasteiger partial charge in [-0.25, -0.2) is 0 Å². The summed E-state index contributed by atoms with van der Waals surface area (Å²) in [6.07, 6.45) is 6.09. The van der Waals surface area contributed by atoms with Crippen LogP contribution in [-0.4, -0.2) is 48.2 Å². The Labute approximate surface area is 140 Å². The van der Waals surface area contributed by atoms with Gasteiger partial charge in [0.25, 0.3) is 0 Å². The lowest BCUT2D eigenvalue weighted by Crippen LogP contribution is -2.40. The van der Waals surface area contributed by atoms with E-state index in [1.54, 1.807) is 0 Å². The first-order chi connectivity index (χ1) is 9.19. The zero-order chi connectivity index (χ0) is 13.7. The molecule has 4 nitrogen and oxygen atoms in total. The number of halogens is 1. The van der Waals surface area contributed by atoms with Gasteiger partial charge in [0.05, 0.1) is 6.10 Å². The Morgan fingerprint density at radius 2 is 2.15 bits per heavy atom. The first-order valence-electron chi connectivity index (χ1n) is 7.90. The fraction of sp³-hybridized carbons (Fsp3) is 0.933. The predicted octanol–water partition coefficient (Wildman–Crippen LogP) is 2.46. The molecule has 2 N–H and O–H groups in total. The Morgan fingerprint density at radius 1 is 1.35 bits per heavy atom. The molecular formula is C15H30IN3O. The smallest absolute Gasteiger partial charge is 0.194 e. The Balaban J connectivity index is 0.00000200. The van der Waals surface area contributed by atoms with Crippen LogP contribution >= 0.6 is 24.0 Å². The Morgan fingerprint density at radius 3 is 2.75 bits per heavy atom. The number of hydrogen-bond acceptors (Lipinski definition) is 2. The van der Waals surface area contributed by atoms with Crippen molar-refractivity contribution in [1.82, 2.24) is 10.2 Å². The van der Waals surface area contributed by atoms with Gasteiger partial charge in [-0.2, -0.15) is 0 Å². The number of likely N-dealkylation sites (tertiary alicyclic amines) is 1. The van der Waals surface area contributed by atoms with Gasteiger partial charge < -0.3 is 15.3 Å². The molecule has 0 aromatic rings. The molecule has 0 radical (unpaired) electrons. The van der Waals surface area contributed by atoms with Gasteiger partial charge in [0.1, 0.15) is 0 Å². The summed E-state index contributed by atoms with van der Waals surface area (Å²) >= 11 is 0. The summed E-state index contributed by atoms with van der Waals surface area (Å²) in [4.78, 5) is 7.00. The number of β-amino-alcohol motifs (C(OH)–C–C–N with tert-alkyl or cyclic N) is 1. The van der Waals surface area contributed by atoms with Crippen molar-refractivity contribution in [3.63, 3.8) is 0 Å². The van der Waals surface area contributed by atoms with Crippen LogP contribution in [0, 0.1) is 11.8 Å². The van der Waals surface area contributed by atoms with Crippen molar-refractivity contribution in [3.8, 4) is 0 Å². The van der Waals surface area contributed by atoms with Crippen molar-refractivity contribution in [2.24, 2.45) is 16.8 Å². The highest BCUT2D eigenvalue weighted by Crippen LogP contribution is 2.28. The molecule has 5 heteroatoms. The van der Waals surface area contributed by atoms with Crippen LogP contribution in [0.25, 0.3) is 0 Å². The molecule has 0 aromatic heterocycles. The number of nitrogens with zero attached hydrogens (tertiary/aromatic N) is 2. The maximum atomic E-state index is 9.64. The molecule has 1 aliphatic heterocycles. The monoisotopic (exact) mass is 395 g/mol. The molecule has 0 bridgehead atoms. The second-order valence-corrected chi connectivity index (χ2v) is 6.22. The highest BCUT2D eigenvalue weighted by atomic mass is 127. The van der Waals surface area contributed by atoms with Crippen LogP contribution < -0.4 is 5.32 Å². The lowest BCUT2D eigenvalue weighted by atomic mass is 9.82. The summed E-state index contributed by atoms with van der Waals surface area (Å²) in [5.41, 5.74) is 0. The number of rotatable bonds is 3. The summed E-state index contributed by atoms with van der Waals surface area (Å²) in [5, 5.41) is 13.0. The third-order valence-corrected chi connectivity index (χ3v) is 4.34. The molecule has 20 heavy (non-hydrogen) atoms. The van der Waals surface area contributed by atoms with Gasteiger partial charge in [0.2, 0.25) is 0 Å². The first-order valence-corrected chi connectivity index (χ1v) is 7.90. The fourth-order valence-electron chi connectivity index (χ4n) is 3.30. The van der Waals surface area contributed by atoms with Crippen LogP contribution in [0.4, 0.5) is 0 Å². The lowest BCUT2D eigenvalue weighted by molar-refractivity contribution is 0.187. The third kappa shape index (κ3) is 5.39. The molecule has 3 atom stereocenters. The van der Waals surface area contributed by atoms with E-state index in [0.29, 0.717) is 0 Å². The molecule has 0 amide bonds. The molecular weight excluding hydrogens is 365 g/mol. The summed E-state index contributed by atoms with van der Waals surface area (Å²) in [6.45, 7) is 7.95. The molecule has 2 fully saturated rings.